The van der Waals surface area contributed by atoms with E-state index in [1.54, 1.807) is 15.5 Å². The van der Waals surface area contributed by atoms with Crippen molar-refractivity contribution in [3.63, 3.8) is 0 Å². The Balaban J connectivity index is 1.37. The number of hydrogen-bond donors (Lipinski definition) is 0. The summed E-state index contributed by atoms with van der Waals surface area (Å²) in [7, 11) is 0. The predicted molar refractivity (Wildman–Crippen MR) is 136 cm³/mol. The lowest BCUT2D eigenvalue weighted by Gasteiger charge is -2.37. The number of ether oxygens (including phenoxy) is 3. The third-order valence-corrected chi connectivity index (χ3v) is 7.48. The van der Waals surface area contributed by atoms with Crippen LogP contribution in [0.5, 0.6) is 5.75 Å². The Bertz CT molecular complexity index is 1380. The number of aryl methyl sites for hydroxylation is 1. The van der Waals surface area contributed by atoms with Crippen LogP contribution in [0.15, 0.2) is 59.4 Å². The number of rotatable bonds is 2. The van der Waals surface area contributed by atoms with Gasteiger partial charge in [-0.2, -0.15) is 0 Å². The summed E-state index contributed by atoms with van der Waals surface area (Å²) in [4.78, 5) is 28.6. The molecule has 1 spiro atoms. The summed E-state index contributed by atoms with van der Waals surface area (Å²) in [5, 5.41) is 0.561. The number of carbonyl (C=O) groups excluding carboxylic acids is 1. The first-order chi connectivity index (χ1) is 17.4. The van der Waals surface area contributed by atoms with Crippen molar-refractivity contribution in [1.82, 2.24) is 9.47 Å². The number of pyridine rings is 1. The Kier molecular flexibility index (Phi) is 5.86. The van der Waals surface area contributed by atoms with E-state index < -0.39 is 11.9 Å². The second-order valence-electron chi connectivity index (χ2n) is 9.65. The van der Waals surface area contributed by atoms with Gasteiger partial charge in [-0.3, -0.25) is 4.79 Å². The van der Waals surface area contributed by atoms with Gasteiger partial charge in [0.25, 0.3) is 5.56 Å². The van der Waals surface area contributed by atoms with Gasteiger partial charge in [0.15, 0.2) is 11.5 Å². The van der Waals surface area contributed by atoms with Gasteiger partial charge in [-0.1, -0.05) is 48.0 Å². The Morgan fingerprint density at radius 3 is 2.56 bits per heavy atom. The van der Waals surface area contributed by atoms with Crippen LogP contribution in [-0.2, 0) is 22.4 Å². The summed E-state index contributed by atoms with van der Waals surface area (Å²) in [6.45, 7) is 3.99. The highest BCUT2D eigenvalue weighted by atomic mass is 35.5. The van der Waals surface area contributed by atoms with Crippen molar-refractivity contribution in [3.8, 4) is 28.1 Å². The molecular weight excluding hydrogens is 480 g/mol. The predicted octanol–water partition coefficient (Wildman–Crippen LogP) is 5.12. The van der Waals surface area contributed by atoms with Gasteiger partial charge in [0.2, 0.25) is 0 Å². The van der Waals surface area contributed by atoms with Gasteiger partial charge >= 0.3 is 6.09 Å². The molecule has 3 aromatic rings. The molecule has 0 N–H and O–H groups in total. The molecule has 36 heavy (non-hydrogen) atoms. The maximum absolute atomic E-state index is 13.6. The number of fused-ring (bicyclic) bond motifs is 3. The Hall–Kier alpha value is -3.13. The van der Waals surface area contributed by atoms with Crippen molar-refractivity contribution >= 4 is 17.7 Å². The number of amides is 1. The number of hydrogen-bond acceptors (Lipinski definition) is 5. The molecule has 0 bridgehead atoms. The van der Waals surface area contributed by atoms with Crippen molar-refractivity contribution in [3.05, 3.63) is 75.5 Å². The molecule has 4 heterocycles. The molecule has 1 amide bonds. The summed E-state index contributed by atoms with van der Waals surface area (Å²) in [6.07, 6.45) is 1.47. The molecule has 1 aromatic heterocycles. The lowest BCUT2D eigenvalue weighted by Crippen LogP contribution is -2.48. The fourth-order valence-electron chi connectivity index (χ4n) is 5.41. The van der Waals surface area contributed by atoms with Gasteiger partial charge < -0.3 is 23.7 Å². The first-order valence-electron chi connectivity index (χ1n) is 12.3. The molecule has 2 saturated heterocycles. The molecule has 186 valence electrons. The van der Waals surface area contributed by atoms with Crippen molar-refractivity contribution in [2.75, 3.05) is 19.7 Å². The summed E-state index contributed by atoms with van der Waals surface area (Å²) in [6, 6.07) is 16.8. The number of halogens is 1. The fraction of sp³-hybridized carbons (Fsp3) is 0.357. The highest BCUT2D eigenvalue weighted by molar-refractivity contribution is 6.30. The molecular formula is C28H27ClN2O5. The van der Waals surface area contributed by atoms with Crippen LogP contribution in [-0.4, -0.2) is 47.1 Å². The Morgan fingerprint density at radius 2 is 1.83 bits per heavy atom. The summed E-state index contributed by atoms with van der Waals surface area (Å²) >= 11 is 6.33. The number of benzene rings is 2. The van der Waals surface area contributed by atoms with E-state index in [-0.39, 0.29) is 11.7 Å². The van der Waals surface area contributed by atoms with Gasteiger partial charge in [-0.05, 0) is 42.7 Å². The molecule has 3 aliphatic rings. The normalized spacial score (nSPS) is 20.2. The van der Waals surface area contributed by atoms with Gasteiger partial charge in [0, 0.05) is 43.1 Å². The molecule has 2 fully saturated rings. The van der Waals surface area contributed by atoms with E-state index in [1.165, 1.54) is 0 Å². The van der Waals surface area contributed by atoms with Gasteiger partial charge in [0.1, 0.15) is 0 Å². The SMILES string of the molecule is CC1COC2(CCN(C(=O)Oc3cc(-c4ccccc4)c(=O)n4c3-c3cc(Cl)ccc3CC4)CC2)O1. The van der Waals surface area contributed by atoms with Gasteiger partial charge in [-0.25, -0.2) is 4.79 Å². The molecule has 2 aromatic carbocycles. The van der Waals surface area contributed by atoms with Crippen molar-refractivity contribution in [2.24, 2.45) is 0 Å². The van der Waals surface area contributed by atoms with E-state index >= 15 is 0 Å². The van der Waals surface area contributed by atoms with Crippen LogP contribution in [0.3, 0.4) is 0 Å². The van der Waals surface area contributed by atoms with E-state index in [0.717, 1.165) is 16.7 Å². The van der Waals surface area contributed by atoms with Gasteiger partial charge in [0.05, 0.1) is 24.0 Å². The zero-order valence-corrected chi connectivity index (χ0v) is 20.8. The van der Waals surface area contributed by atoms with E-state index in [2.05, 4.69) is 0 Å². The molecule has 7 nitrogen and oxygen atoms in total. The van der Waals surface area contributed by atoms with Crippen LogP contribution in [0.25, 0.3) is 22.4 Å². The number of likely N-dealkylation sites (tertiary alicyclic amines) is 1. The second kappa shape index (κ2) is 9.07. The molecule has 0 aliphatic carbocycles. The molecule has 3 aliphatic heterocycles. The molecule has 6 rings (SSSR count). The van der Waals surface area contributed by atoms with Crippen LogP contribution >= 0.6 is 11.6 Å². The highest BCUT2D eigenvalue weighted by Crippen LogP contribution is 2.39. The van der Waals surface area contributed by atoms with E-state index in [9.17, 15) is 9.59 Å². The lowest BCUT2D eigenvalue weighted by atomic mass is 9.95. The minimum absolute atomic E-state index is 0.0564. The maximum atomic E-state index is 13.6. The quantitative estimate of drug-likeness (QED) is 0.482. The average Bonchev–Trinajstić information content (AvgIpc) is 3.25. The molecule has 8 heteroatoms. The van der Waals surface area contributed by atoms with Crippen LogP contribution < -0.4 is 10.3 Å². The largest absolute Gasteiger partial charge is 0.415 e. The Labute approximate surface area is 214 Å². The maximum Gasteiger partial charge on any atom is 0.415 e. The highest BCUT2D eigenvalue weighted by Gasteiger charge is 2.43. The topological polar surface area (TPSA) is 70.0 Å². The third-order valence-electron chi connectivity index (χ3n) is 7.25. The first kappa shape index (κ1) is 23.3. The minimum atomic E-state index is -0.606. The summed E-state index contributed by atoms with van der Waals surface area (Å²) in [5.41, 5.74) is 3.61. The lowest BCUT2D eigenvalue weighted by molar-refractivity contribution is -0.190. The number of aromatic nitrogens is 1. The van der Waals surface area contributed by atoms with E-state index in [0.29, 0.717) is 67.5 Å². The Morgan fingerprint density at radius 1 is 1.06 bits per heavy atom. The molecule has 1 unspecified atom stereocenters. The summed E-state index contributed by atoms with van der Waals surface area (Å²) < 4.78 is 19.6. The van der Waals surface area contributed by atoms with Crippen LogP contribution in [0, 0.1) is 0 Å². The van der Waals surface area contributed by atoms with Crippen molar-refractivity contribution < 1.29 is 19.0 Å². The number of nitrogens with zero attached hydrogens (tertiary/aromatic N) is 2. The standard InChI is InChI=1S/C28H27ClN2O5/c1-18-17-34-28(36-18)10-13-30(14-11-28)27(33)35-24-16-23(19-5-3-2-4-6-19)26(32)31-12-9-20-7-8-21(29)15-22(20)25(24)31/h2-8,15-16,18H,9-14,17H2,1H3. The second-order valence-corrected chi connectivity index (χ2v) is 10.1. The number of piperidine rings is 1. The fourth-order valence-corrected chi connectivity index (χ4v) is 5.58. The summed E-state index contributed by atoms with van der Waals surface area (Å²) in [5.74, 6) is -0.255. The smallest absolute Gasteiger partial charge is 0.408 e. The average molecular weight is 507 g/mol. The third kappa shape index (κ3) is 4.11. The monoisotopic (exact) mass is 506 g/mol. The van der Waals surface area contributed by atoms with E-state index in [1.807, 2.05) is 55.5 Å². The first-order valence-corrected chi connectivity index (χ1v) is 12.7. The van der Waals surface area contributed by atoms with E-state index in [4.69, 9.17) is 25.8 Å². The van der Waals surface area contributed by atoms with Crippen molar-refractivity contribution in [1.29, 1.82) is 0 Å². The zero-order valence-electron chi connectivity index (χ0n) is 20.0. The molecule has 0 radical (unpaired) electrons. The van der Waals surface area contributed by atoms with Crippen LogP contribution in [0.1, 0.15) is 25.3 Å². The molecule has 0 saturated carbocycles. The van der Waals surface area contributed by atoms with Crippen LogP contribution in [0.4, 0.5) is 4.79 Å². The molecule has 1 atom stereocenters. The minimum Gasteiger partial charge on any atom is -0.408 e. The zero-order chi connectivity index (χ0) is 24.9. The van der Waals surface area contributed by atoms with Crippen molar-refractivity contribution in [2.45, 2.75) is 44.6 Å². The number of carbonyl (C=O) groups is 1. The van der Waals surface area contributed by atoms with Crippen LogP contribution in [0.2, 0.25) is 5.02 Å². The van der Waals surface area contributed by atoms with Gasteiger partial charge in [-0.15, -0.1) is 0 Å².